The molecule has 0 bridgehead atoms. The smallest absolute Gasteiger partial charge is 0.272 e. The molecule has 7 rings (SSSR count). The SMILES string of the molecule is O=C(c1ccc(C2Nc3cc(F)cc4c(=O)[nH]nc(c34)C2c2ccccc2)cc1)N1CCN(C(=O)C2CC2)CC1. The number of amides is 2. The second-order valence-corrected chi connectivity index (χ2v) is 10.8. The Morgan fingerprint density at radius 3 is 2.27 bits per heavy atom. The van der Waals surface area contributed by atoms with Crippen LogP contribution in [-0.2, 0) is 4.79 Å². The molecule has 1 saturated heterocycles. The zero-order valence-corrected chi connectivity index (χ0v) is 21.8. The maximum absolute atomic E-state index is 14.5. The lowest BCUT2D eigenvalue weighted by Crippen LogP contribution is -2.51. The maximum Gasteiger partial charge on any atom is 0.272 e. The summed E-state index contributed by atoms with van der Waals surface area (Å²) >= 11 is 0. The third-order valence-electron chi connectivity index (χ3n) is 8.30. The molecule has 1 saturated carbocycles. The number of rotatable bonds is 4. The molecule has 202 valence electrons. The van der Waals surface area contributed by atoms with Crippen LogP contribution in [0.25, 0.3) is 10.8 Å². The first-order chi connectivity index (χ1) is 19.5. The molecule has 8 nitrogen and oxygen atoms in total. The van der Waals surface area contributed by atoms with Crippen molar-refractivity contribution in [2.45, 2.75) is 24.8 Å². The Kier molecular flexibility index (Phi) is 5.87. The van der Waals surface area contributed by atoms with Crippen LogP contribution in [0.1, 0.15) is 52.0 Å². The Hall–Kier alpha value is -4.53. The minimum absolute atomic E-state index is 0.0577. The number of aromatic nitrogens is 2. The Labute approximate surface area is 229 Å². The van der Waals surface area contributed by atoms with E-state index in [1.807, 2.05) is 59.5 Å². The zero-order valence-electron chi connectivity index (χ0n) is 21.8. The number of hydrogen-bond acceptors (Lipinski definition) is 5. The molecule has 40 heavy (non-hydrogen) atoms. The van der Waals surface area contributed by atoms with Crippen molar-refractivity contribution in [3.63, 3.8) is 0 Å². The molecule has 0 spiro atoms. The van der Waals surface area contributed by atoms with Gasteiger partial charge in [-0.15, -0.1) is 0 Å². The molecule has 1 aromatic heterocycles. The Morgan fingerprint density at radius 1 is 0.875 bits per heavy atom. The van der Waals surface area contributed by atoms with E-state index in [0.717, 1.165) is 24.0 Å². The number of hydrogen-bond donors (Lipinski definition) is 2. The predicted octanol–water partition coefficient (Wildman–Crippen LogP) is 4.06. The third kappa shape index (κ3) is 4.22. The summed E-state index contributed by atoms with van der Waals surface area (Å²) in [6, 6.07) is 19.7. The van der Waals surface area contributed by atoms with E-state index in [2.05, 4.69) is 15.5 Å². The molecule has 2 aliphatic heterocycles. The number of nitrogens with one attached hydrogen (secondary N) is 2. The summed E-state index contributed by atoms with van der Waals surface area (Å²) in [5, 5.41) is 11.3. The first kappa shape index (κ1) is 24.5. The van der Waals surface area contributed by atoms with Gasteiger partial charge in [0.1, 0.15) is 5.82 Å². The van der Waals surface area contributed by atoms with Gasteiger partial charge >= 0.3 is 0 Å². The summed E-state index contributed by atoms with van der Waals surface area (Å²) in [4.78, 5) is 41.8. The molecule has 2 amide bonds. The van der Waals surface area contributed by atoms with Gasteiger partial charge in [-0.05, 0) is 48.2 Å². The Balaban J connectivity index is 1.18. The minimum atomic E-state index is -0.505. The van der Waals surface area contributed by atoms with Crippen LogP contribution in [0.3, 0.4) is 0 Å². The Bertz CT molecular complexity index is 1680. The van der Waals surface area contributed by atoms with Crippen molar-refractivity contribution in [2.24, 2.45) is 5.92 Å². The van der Waals surface area contributed by atoms with Gasteiger partial charge in [0.2, 0.25) is 5.91 Å². The second-order valence-electron chi connectivity index (χ2n) is 10.8. The van der Waals surface area contributed by atoms with Crippen LogP contribution in [0, 0.1) is 11.7 Å². The summed E-state index contributed by atoms with van der Waals surface area (Å²) in [6.45, 7) is 2.19. The topological polar surface area (TPSA) is 98.4 Å². The molecule has 3 heterocycles. The predicted molar refractivity (Wildman–Crippen MR) is 149 cm³/mol. The van der Waals surface area contributed by atoms with Crippen LogP contribution >= 0.6 is 0 Å². The number of anilines is 1. The fourth-order valence-corrected chi connectivity index (χ4v) is 6.06. The van der Waals surface area contributed by atoms with Crippen LogP contribution in [0.4, 0.5) is 10.1 Å². The average Bonchev–Trinajstić information content (AvgIpc) is 3.84. The summed E-state index contributed by atoms with van der Waals surface area (Å²) in [5.74, 6) is -0.418. The van der Waals surface area contributed by atoms with Crippen molar-refractivity contribution in [1.29, 1.82) is 0 Å². The van der Waals surface area contributed by atoms with Gasteiger partial charge in [0, 0.05) is 48.7 Å². The molecule has 4 aromatic rings. The molecule has 2 N–H and O–H groups in total. The van der Waals surface area contributed by atoms with Crippen molar-refractivity contribution in [2.75, 3.05) is 31.5 Å². The standard InChI is InChI=1S/C31H28FN5O3/c32-22-16-23-26-24(17-22)33-27(25(18-4-2-1-3-5-18)28(26)34-35-29(23)38)19-6-8-20(9-7-19)30(39)36-12-14-37(15-13-36)31(40)21-10-11-21/h1-9,16-17,21,25,27,33H,10-15H2,(H,35,38). The maximum atomic E-state index is 14.5. The van der Waals surface area contributed by atoms with Crippen molar-refractivity contribution in [3.05, 3.63) is 105 Å². The average molecular weight is 538 g/mol. The highest BCUT2D eigenvalue weighted by Crippen LogP contribution is 2.46. The number of halogens is 1. The molecule has 3 aromatic carbocycles. The van der Waals surface area contributed by atoms with Gasteiger partial charge in [-0.3, -0.25) is 14.4 Å². The van der Waals surface area contributed by atoms with Gasteiger partial charge in [0.25, 0.3) is 11.5 Å². The highest BCUT2D eigenvalue weighted by molar-refractivity contribution is 5.97. The second kappa shape index (κ2) is 9.59. The summed E-state index contributed by atoms with van der Waals surface area (Å²) in [5.41, 5.74) is 3.22. The van der Waals surface area contributed by atoms with E-state index in [1.165, 1.54) is 12.1 Å². The molecule has 0 radical (unpaired) electrons. The normalized spacial score (nSPS) is 20.3. The highest BCUT2D eigenvalue weighted by Gasteiger charge is 2.37. The lowest BCUT2D eigenvalue weighted by molar-refractivity contribution is -0.134. The van der Waals surface area contributed by atoms with Gasteiger partial charge in [-0.2, -0.15) is 5.10 Å². The lowest BCUT2D eigenvalue weighted by atomic mass is 9.80. The van der Waals surface area contributed by atoms with Crippen LogP contribution in [0.15, 0.2) is 71.5 Å². The number of carbonyl (C=O) groups is 2. The molecule has 2 fully saturated rings. The molecule has 1 aliphatic carbocycles. The molecule has 3 aliphatic rings. The number of aromatic amines is 1. The van der Waals surface area contributed by atoms with E-state index < -0.39 is 11.4 Å². The number of carbonyl (C=O) groups excluding carboxylic acids is 2. The van der Waals surface area contributed by atoms with Crippen molar-refractivity contribution < 1.29 is 14.0 Å². The number of benzene rings is 3. The lowest BCUT2D eigenvalue weighted by Gasteiger charge is -2.35. The first-order valence-electron chi connectivity index (χ1n) is 13.7. The highest BCUT2D eigenvalue weighted by atomic mass is 19.1. The van der Waals surface area contributed by atoms with Gasteiger partial charge in [-0.25, -0.2) is 9.49 Å². The van der Waals surface area contributed by atoms with Crippen molar-refractivity contribution in [1.82, 2.24) is 20.0 Å². The monoisotopic (exact) mass is 537 g/mol. The summed E-state index contributed by atoms with van der Waals surface area (Å²) in [7, 11) is 0. The molecule has 2 unspecified atom stereocenters. The van der Waals surface area contributed by atoms with Gasteiger partial charge in [0.05, 0.1) is 23.0 Å². The van der Waals surface area contributed by atoms with Crippen LogP contribution in [-0.4, -0.2) is 58.0 Å². The molecule has 9 heteroatoms. The zero-order chi connectivity index (χ0) is 27.4. The molecular formula is C31H28FN5O3. The van der Waals surface area contributed by atoms with Crippen LogP contribution < -0.4 is 10.9 Å². The van der Waals surface area contributed by atoms with E-state index in [0.29, 0.717) is 48.5 Å². The van der Waals surface area contributed by atoms with Crippen LogP contribution in [0.2, 0.25) is 0 Å². The van der Waals surface area contributed by atoms with Gasteiger partial charge in [-0.1, -0.05) is 42.5 Å². The van der Waals surface area contributed by atoms with Crippen LogP contribution in [0.5, 0.6) is 0 Å². The number of piperazine rings is 1. The quantitative estimate of drug-likeness (QED) is 0.409. The van der Waals surface area contributed by atoms with E-state index in [4.69, 9.17) is 0 Å². The van der Waals surface area contributed by atoms with E-state index in [9.17, 15) is 18.8 Å². The first-order valence-corrected chi connectivity index (χ1v) is 13.7. The number of H-pyrrole nitrogens is 1. The third-order valence-corrected chi connectivity index (χ3v) is 8.30. The van der Waals surface area contributed by atoms with E-state index >= 15 is 0 Å². The Morgan fingerprint density at radius 2 is 1.57 bits per heavy atom. The van der Waals surface area contributed by atoms with E-state index in [-0.39, 0.29) is 35.1 Å². The summed E-state index contributed by atoms with van der Waals surface area (Å²) < 4.78 is 14.5. The van der Waals surface area contributed by atoms with Gasteiger partial charge in [0.15, 0.2) is 0 Å². The van der Waals surface area contributed by atoms with Crippen molar-refractivity contribution in [3.8, 4) is 0 Å². The fourth-order valence-electron chi connectivity index (χ4n) is 6.06. The van der Waals surface area contributed by atoms with E-state index in [1.54, 1.807) is 4.90 Å². The van der Waals surface area contributed by atoms with Gasteiger partial charge < -0.3 is 15.1 Å². The number of nitrogens with zero attached hydrogens (tertiary/aromatic N) is 3. The molecule has 2 atom stereocenters. The summed E-state index contributed by atoms with van der Waals surface area (Å²) in [6.07, 6.45) is 1.96. The van der Waals surface area contributed by atoms with Crippen molar-refractivity contribution >= 4 is 28.3 Å². The largest absolute Gasteiger partial charge is 0.377 e. The minimum Gasteiger partial charge on any atom is -0.377 e. The molecular weight excluding hydrogens is 509 g/mol. The fraction of sp³-hybridized carbons (Fsp3) is 0.290.